The van der Waals surface area contributed by atoms with Crippen LogP contribution in [0.1, 0.15) is 16.7 Å². The zero-order valence-corrected chi connectivity index (χ0v) is 11.2. The van der Waals surface area contributed by atoms with Gasteiger partial charge in [0.1, 0.15) is 0 Å². The van der Waals surface area contributed by atoms with E-state index in [4.69, 9.17) is 0 Å². The summed E-state index contributed by atoms with van der Waals surface area (Å²) < 4.78 is 4.36. The van der Waals surface area contributed by atoms with Gasteiger partial charge in [-0.3, -0.25) is 5.04 Å². The fraction of sp³-hybridized carbons (Fsp3) is 0.0667. The number of hydrogen-bond acceptors (Lipinski definition) is 4. The van der Waals surface area contributed by atoms with Crippen LogP contribution in [0.3, 0.4) is 0 Å². The zero-order chi connectivity index (χ0) is 13.5. The fourth-order valence-corrected chi connectivity index (χ4v) is 2.08. The van der Waals surface area contributed by atoms with Crippen LogP contribution in [0.5, 0.6) is 0 Å². The lowest BCUT2D eigenvalue weighted by atomic mass is 10.1. The van der Waals surface area contributed by atoms with Crippen molar-refractivity contribution in [2.45, 2.75) is 11.8 Å². The average Bonchev–Trinajstić information content (AvgIpc) is 2.45. The monoisotopic (exact) mass is 273 g/mol. The van der Waals surface area contributed by atoms with Gasteiger partial charge in [0.15, 0.2) is 0 Å². The summed E-state index contributed by atoms with van der Waals surface area (Å²) in [4.78, 5) is 0.821. The average molecular weight is 273 g/mol. The van der Waals surface area contributed by atoms with Gasteiger partial charge in [-0.15, -0.1) is 0 Å². The van der Waals surface area contributed by atoms with Crippen LogP contribution < -0.4 is 5.26 Å². The van der Waals surface area contributed by atoms with Crippen LogP contribution in [0.15, 0.2) is 53.4 Å². The molecular weight excluding hydrogens is 260 g/mol. The molecule has 2 aromatic carbocycles. The molecule has 19 heavy (non-hydrogen) atoms. The van der Waals surface area contributed by atoms with Crippen molar-refractivity contribution in [3.8, 4) is 0 Å². The fourth-order valence-electron chi connectivity index (χ4n) is 1.61. The van der Waals surface area contributed by atoms with Crippen molar-refractivity contribution in [1.29, 1.82) is 0 Å². The molecule has 0 fully saturated rings. The number of hydrogen-bond donors (Lipinski definition) is 0. The van der Waals surface area contributed by atoms with E-state index in [0.29, 0.717) is 0 Å². The second kappa shape index (κ2) is 7.11. The molecule has 0 bridgehead atoms. The molecule has 4 heteroatoms. The van der Waals surface area contributed by atoms with Gasteiger partial charge >= 0.3 is 0 Å². The predicted octanol–water partition coefficient (Wildman–Crippen LogP) is 3.40. The molecule has 0 aliphatic rings. The summed E-state index contributed by atoms with van der Waals surface area (Å²) in [6.07, 6.45) is 3.98. The molecule has 0 aliphatic carbocycles. The van der Waals surface area contributed by atoms with Crippen molar-refractivity contribution in [3.05, 3.63) is 65.2 Å². The third kappa shape index (κ3) is 4.22. The maximum Gasteiger partial charge on any atom is 0.0680 e. The van der Waals surface area contributed by atoms with Crippen molar-refractivity contribution in [1.82, 2.24) is 0 Å². The molecule has 3 nitrogen and oxygen atoms in total. The highest BCUT2D eigenvalue weighted by molar-refractivity contribution is 7.94. The van der Waals surface area contributed by atoms with Crippen LogP contribution in [0.4, 0.5) is 0 Å². The van der Waals surface area contributed by atoms with Crippen molar-refractivity contribution in [2.24, 2.45) is 0 Å². The lowest BCUT2D eigenvalue weighted by molar-refractivity contribution is -0.777. The Labute approximate surface area is 116 Å². The Morgan fingerprint density at radius 1 is 1.00 bits per heavy atom. The van der Waals surface area contributed by atoms with Crippen molar-refractivity contribution in [3.63, 3.8) is 0 Å². The Balaban J connectivity index is 2.15. The number of aryl methyl sites for hydroxylation is 1. The van der Waals surface area contributed by atoms with Crippen LogP contribution >= 0.6 is 12.0 Å². The second-order valence-corrected chi connectivity index (χ2v) is 4.74. The van der Waals surface area contributed by atoms with Crippen molar-refractivity contribution >= 4 is 24.2 Å². The Hall–Kier alpha value is -1.59. The van der Waals surface area contributed by atoms with E-state index in [2.05, 4.69) is 40.6 Å². The summed E-state index contributed by atoms with van der Waals surface area (Å²) in [5, 5.41) is 13.2. The van der Waals surface area contributed by atoms with E-state index in [-0.39, 0.29) is 0 Å². The maximum absolute atomic E-state index is 9.86. The van der Waals surface area contributed by atoms with E-state index in [0.717, 1.165) is 28.1 Å². The molecule has 98 valence electrons. The molecule has 0 aliphatic heterocycles. The first kappa shape index (κ1) is 13.8. The lowest BCUT2D eigenvalue weighted by Gasteiger charge is -2.06. The lowest BCUT2D eigenvalue weighted by Crippen LogP contribution is -2.01. The first-order valence-corrected chi connectivity index (χ1v) is 6.51. The van der Waals surface area contributed by atoms with Crippen molar-refractivity contribution in [2.75, 3.05) is 0 Å². The molecule has 0 unspecified atom stereocenters. The zero-order valence-electron chi connectivity index (χ0n) is 10.4. The minimum Gasteiger partial charge on any atom is -0.691 e. The normalized spacial score (nSPS) is 11.1. The van der Waals surface area contributed by atoms with E-state index in [9.17, 15) is 5.26 Å². The van der Waals surface area contributed by atoms with E-state index in [1.807, 2.05) is 36.4 Å². The second-order valence-electron chi connectivity index (χ2n) is 4.00. The van der Waals surface area contributed by atoms with Gasteiger partial charge in [0.2, 0.25) is 0 Å². The van der Waals surface area contributed by atoms with Gasteiger partial charge in [-0.25, -0.2) is 0 Å². The SMILES string of the molecule is Cc1ccc(C=Cc2ccccc2SOO[O-])cc1. The molecule has 0 spiro atoms. The van der Waals surface area contributed by atoms with E-state index < -0.39 is 0 Å². The summed E-state index contributed by atoms with van der Waals surface area (Å²) in [5.74, 6) is 0. The van der Waals surface area contributed by atoms with Gasteiger partial charge in [-0.05, 0) is 24.1 Å². The van der Waals surface area contributed by atoms with Crippen LogP contribution in [-0.4, -0.2) is 0 Å². The quantitative estimate of drug-likeness (QED) is 0.362. The minimum absolute atomic E-state index is 0.821. The van der Waals surface area contributed by atoms with Gasteiger partial charge in [-0.1, -0.05) is 60.2 Å². The van der Waals surface area contributed by atoms with Crippen LogP contribution in [0.2, 0.25) is 0 Å². The predicted molar refractivity (Wildman–Crippen MR) is 74.6 cm³/mol. The molecule has 0 aromatic heterocycles. The van der Waals surface area contributed by atoms with E-state index in [1.54, 1.807) is 0 Å². The van der Waals surface area contributed by atoms with Gasteiger partial charge in [0.25, 0.3) is 0 Å². The highest BCUT2D eigenvalue weighted by Crippen LogP contribution is 2.24. The van der Waals surface area contributed by atoms with Crippen LogP contribution in [-0.2, 0) is 9.37 Å². The molecule has 0 atom stereocenters. The number of rotatable bonds is 5. The molecular formula is C15H13O3S-. The van der Waals surface area contributed by atoms with Crippen LogP contribution in [0.25, 0.3) is 12.2 Å². The van der Waals surface area contributed by atoms with Crippen molar-refractivity contribution < 1.29 is 14.6 Å². The Bertz CT molecular complexity index is 550. The molecule has 0 saturated heterocycles. The molecule has 0 heterocycles. The molecule has 0 amide bonds. The van der Waals surface area contributed by atoms with Crippen LogP contribution in [0, 0.1) is 6.92 Å². The van der Waals surface area contributed by atoms with Gasteiger partial charge in [-0.2, -0.15) is 4.33 Å². The van der Waals surface area contributed by atoms with Gasteiger partial charge in [0, 0.05) is 4.90 Å². The first-order valence-electron chi connectivity index (χ1n) is 5.76. The Morgan fingerprint density at radius 3 is 2.47 bits per heavy atom. The summed E-state index contributed by atoms with van der Waals surface area (Å²) >= 11 is 0.899. The van der Waals surface area contributed by atoms with Gasteiger partial charge < -0.3 is 5.26 Å². The third-order valence-electron chi connectivity index (χ3n) is 2.60. The summed E-state index contributed by atoms with van der Waals surface area (Å²) in [6.45, 7) is 2.06. The topological polar surface area (TPSA) is 41.5 Å². The minimum atomic E-state index is 0.821. The highest BCUT2D eigenvalue weighted by atomic mass is 32.2. The molecule has 0 saturated carbocycles. The third-order valence-corrected chi connectivity index (χ3v) is 3.28. The summed E-state index contributed by atoms with van der Waals surface area (Å²) in [7, 11) is 0. The smallest absolute Gasteiger partial charge is 0.0680 e. The molecule has 0 N–H and O–H groups in total. The Kier molecular flexibility index (Phi) is 5.18. The molecule has 2 rings (SSSR count). The molecule has 2 aromatic rings. The summed E-state index contributed by atoms with van der Waals surface area (Å²) in [6, 6.07) is 15.8. The number of benzene rings is 2. The standard InChI is InChI=1S/C15H14O3S/c1-12-6-8-13(9-7-12)10-11-14-4-2-3-5-15(14)19-18-17-16/h2-11,16H,1H3/p-1. The Morgan fingerprint density at radius 2 is 1.74 bits per heavy atom. The highest BCUT2D eigenvalue weighted by Gasteiger charge is 1.99. The maximum atomic E-state index is 9.86. The molecule has 0 radical (unpaired) electrons. The first-order chi connectivity index (χ1) is 9.29. The largest absolute Gasteiger partial charge is 0.691 e. The summed E-state index contributed by atoms with van der Waals surface area (Å²) in [5.41, 5.74) is 3.31. The van der Waals surface area contributed by atoms with E-state index >= 15 is 0 Å². The van der Waals surface area contributed by atoms with E-state index in [1.165, 1.54) is 5.56 Å². The van der Waals surface area contributed by atoms with Gasteiger partial charge in [0.05, 0.1) is 12.0 Å².